The van der Waals surface area contributed by atoms with E-state index >= 15 is 0 Å². The summed E-state index contributed by atoms with van der Waals surface area (Å²) >= 11 is 6.30. The number of nitrogens with zero attached hydrogens (tertiary/aromatic N) is 3. The van der Waals surface area contributed by atoms with Crippen molar-refractivity contribution in [2.45, 2.75) is 20.8 Å². The summed E-state index contributed by atoms with van der Waals surface area (Å²) in [7, 11) is 3.35. The molecule has 0 radical (unpaired) electrons. The van der Waals surface area contributed by atoms with E-state index in [1.54, 1.807) is 31.2 Å². The summed E-state index contributed by atoms with van der Waals surface area (Å²) in [6.45, 7) is 6.44. The number of urea groups is 1. The lowest BCUT2D eigenvalue weighted by atomic mass is 9.97. The summed E-state index contributed by atoms with van der Waals surface area (Å²) in [6, 6.07) is 5.09. The Kier molecular flexibility index (Phi) is 4.51. The number of carbonyl (C=O) groups excluding carboxylic acids is 1. The average molecular weight is 325 g/mol. The lowest BCUT2D eigenvalue weighted by Gasteiger charge is -2.16. The Morgan fingerprint density at radius 2 is 2.09 bits per heavy atom. The van der Waals surface area contributed by atoms with Crippen LogP contribution in [0.15, 0.2) is 23.3 Å². The summed E-state index contributed by atoms with van der Waals surface area (Å²) in [5, 5.41) is 9.41. The van der Waals surface area contributed by atoms with Gasteiger partial charge in [0.05, 0.1) is 10.7 Å². The first-order chi connectivity index (χ1) is 10.2. The summed E-state index contributed by atoms with van der Waals surface area (Å²) in [6.07, 6.45) is 0. The second-order valence-electron chi connectivity index (χ2n) is 6.32. The zero-order valence-corrected chi connectivity index (χ0v) is 14.2. The zero-order valence-electron chi connectivity index (χ0n) is 13.5. The van der Waals surface area contributed by atoms with E-state index in [0.29, 0.717) is 23.3 Å². The minimum Gasteiger partial charge on any atom is -0.456 e. The Morgan fingerprint density at radius 1 is 1.41 bits per heavy atom. The van der Waals surface area contributed by atoms with Crippen molar-refractivity contribution < 1.29 is 9.53 Å². The summed E-state index contributed by atoms with van der Waals surface area (Å²) in [5.74, 6) is 0.675. The van der Waals surface area contributed by atoms with Gasteiger partial charge in [-0.25, -0.2) is 9.80 Å². The molecule has 22 heavy (non-hydrogen) atoms. The SMILES string of the molecule is CN(C)C(=O)Nc1ccc(N2COC(C(C)(C)C)=N2)c(Cl)c1. The number of halogens is 1. The van der Waals surface area contributed by atoms with Crippen LogP contribution in [0.3, 0.4) is 0 Å². The van der Waals surface area contributed by atoms with E-state index in [0.717, 1.165) is 5.69 Å². The maximum Gasteiger partial charge on any atom is 0.321 e. The van der Waals surface area contributed by atoms with Crippen molar-refractivity contribution in [1.29, 1.82) is 0 Å². The smallest absolute Gasteiger partial charge is 0.321 e. The normalized spacial score (nSPS) is 14.5. The molecule has 120 valence electrons. The van der Waals surface area contributed by atoms with E-state index in [2.05, 4.69) is 10.4 Å². The van der Waals surface area contributed by atoms with Gasteiger partial charge < -0.3 is 15.0 Å². The van der Waals surface area contributed by atoms with Crippen molar-refractivity contribution in [2.24, 2.45) is 10.5 Å². The molecule has 0 saturated heterocycles. The fourth-order valence-electron chi connectivity index (χ4n) is 1.81. The molecule has 0 aromatic heterocycles. The molecule has 1 aliphatic rings. The van der Waals surface area contributed by atoms with Gasteiger partial charge in [0.15, 0.2) is 6.73 Å². The first kappa shape index (κ1) is 16.4. The van der Waals surface area contributed by atoms with Crippen LogP contribution in [0.1, 0.15) is 20.8 Å². The largest absolute Gasteiger partial charge is 0.456 e. The van der Waals surface area contributed by atoms with Gasteiger partial charge in [0.25, 0.3) is 0 Å². The lowest BCUT2D eigenvalue weighted by molar-refractivity contribution is 0.230. The second kappa shape index (κ2) is 6.04. The highest BCUT2D eigenvalue weighted by Crippen LogP contribution is 2.32. The number of rotatable bonds is 2. The molecule has 0 unspecified atom stereocenters. The van der Waals surface area contributed by atoms with Crippen molar-refractivity contribution in [3.8, 4) is 0 Å². The van der Waals surface area contributed by atoms with Crippen LogP contribution in [-0.4, -0.2) is 37.7 Å². The van der Waals surface area contributed by atoms with Gasteiger partial charge in [-0.1, -0.05) is 32.4 Å². The van der Waals surface area contributed by atoms with Gasteiger partial charge in [-0.2, -0.15) is 0 Å². The number of hydrogen-bond acceptors (Lipinski definition) is 4. The van der Waals surface area contributed by atoms with Gasteiger partial charge in [0.2, 0.25) is 5.90 Å². The molecule has 7 heteroatoms. The molecule has 1 N–H and O–H groups in total. The van der Waals surface area contributed by atoms with E-state index < -0.39 is 0 Å². The molecule has 2 amide bonds. The minimum atomic E-state index is -0.207. The first-order valence-corrected chi connectivity index (χ1v) is 7.33. The van der Waals surface area contributed by atoms with Crippen LogP contribution >= 0.6 is 11.6 Å². The fraction of sp³-hybridized carbons (Fsp3) is 0.467. The van der Waals surface area contributed by atoms with E-state index in [-0.39, 0.29) is 11.4 Å². The zero-order chi connectivity index (χ0) is 16.5. The molecule has 1 aliphatic heterocycles. The number of carbonyl (C=O) groups is 1. The first-order valence-electron chi connectivity index (χ1n) is 6.96. The third-order valence-electron chi connectivity index (χ3n) is 3.06. The number of anilines is 2. The topological polar surface area (TPSA) is 57.2 Å². The van der Waals surface area contributed by atoms with Crippen molar-refractivity contribution in [3.05, 3.63) is 23.2 Å². The van der Waals surface area contributed by atoms with Crippen LogP contribution < -0.4 is 10.3 Å². The van der Waals surface area contributed by atoms with Crippen LogP contribution in [0.5, 0.6) is 0 Å². The van der Waals surface area contributed by atoms with Crippen LogP contribution in [0.2, 0.25) is 5.02 Å². The van der Waals surface area contributed by atoms with E-state index in [9.17, 15) is 4.79 Å². The molecule has 0 saturated carbocycles. The molecular weight excluding hydrogens is 304 g/mol. The molecule has 0 bridgehead atoms. The van der Waals surface area contributed by atoms with Crippen LogP contribution in [0.25, 0.3) is 0 Å². The maximum atomic E-state index is 11.6. The Bertz CT molecular complexity index is 608. The Balaban J connectivity index is 2.18. The highest BCUT2D eigenvalue weighted by molar-refractivity contribution is 6.33. The van der Waals surface area contributed by atoms with E-state index in [1.807, 2.05) is 26.8 Å². The van der Waals surface area contributed by atoms with Gasteiger partial charge in [0, 0.05) is 25.2 Å². The van der Waals surface area contributed by atoms with E-state index in [1.165, 1.54) is 4.90 Å². The molecule has 6 nitrogen and oxygen atoms in total. The van der Waals surface area contributed by atoms with Gasteiger partial charge in [-0.15, -0.1) is 5.10 Å². The van der Waals surface area contributed by atoms with Crippen LogP contribution in [0.4, 0.5) is 16.2 Å². The van der Waals surface area contributed by atoms with Crippen LogP contribution in [0, 0.1) is 5.41 Å². The summed E-state index contributed by atoms with van der Waals surface area (Å²) in [5.41, 5.74) is 1.22. The van der Waals surface area contributed by atoms with Gasteiger partial charge >= 0.3 is 6.03 Å². The lowest BCUT2D eigenvalue weighted by Crippen LogP contribution is -2.27. The number of hydrazone groups is 1. The van der Waals surface area contributed by atoms with Crippen molar-refractivity contribution in [1.82, 2.24) is 4.90 Å². The molecule has 0 aliphatic carbocycles. The summed E-state index contributed by atoms with van der Waals surface area (Å²) < 4.78 is 5.61. The molecule has 2 rings (SSSR count). The molecule has 1 heterocycles. The van der Waals surface area contributed by atoms with E-state index in [4.69, 9.17) is 16.3 Å². The predicted octanol–water partition coefficient (Wildman–Crippen LogP) is 3.59. The molecule has 0 atom stereocenters. The molecule has 0 fully saturated rings. The van der Waals surface area contributed by atoms with Crippen molar-refractivity contribution in [2.75, 3.05) is 31.2 Å². The number of benzene rings is 1. The summed E-state index contributed by atoms with van der Waals surface area (Å²) in [4.78, 5) is 13.1. The fourth-order valence-corrected chi connectivity index (χ4v) is 2.09. The minimum absolute atomic E-state index is 0.152. The quantitative estimate of drug-likeness (QED) is 0.904. The van der Waals surface area contributed by atoms with Crippen LogP contribution in [-0.2, 0) is 4.74 Å². The highest BCUT2D eigenvalue weighted by atomic mass is 35.5. The number of hydrogen-bond donors (Lipinski definition) is 1. The van der Waals surface area contributed by atoms with Crippen molar-refractivity contribution >= 4 is 34.9 Å². The van der Waals surface area contributed by atoms with Gasteiger partial charge in [-0.3, -0.25) is 0 Å². The Labute approximate surface area is 135 Å². The Morgan fingerprint density at radius 3 is 2.59 bits per heavy atom. The maximum absolute atomic E-state index is 11.6. The standard InChI is InChI=1S/C15H21ClN4O2/c1-15(2,3)13-18-20(9-22-13)12-7-6-10(8-11(12)16)17-14(21)19(4)5/h6-8H,9H2,1-5H3,(H,17,21). The third kappa shape index (κ3) is 3.62. The number of ether oxygens (including phenoxy) is 1. The molecule has 1 aromatic carbocycles. The second-order valence-corrected chi connectivity index (χ2v) is 6.73. The molecule has 0 spiro atoms. The number of amides is 2. The molecular formula is C15H21ClN4O2. The van der Waals surface area contributed by atoms with Gasteiger partial charge in [-0.05, 0) is 18.2 Å². The van der Waals surface area contributed by atoms with Gasteiger partial charge in [0.1, 0.15) is 0 Å². The highest BCUT2D eigenvalue weighted by Gasteiger charge is 2.28. The molecule has 1 aromatic rings. The predicted molar refractivity (Wildman–Crippen MR) is 89.5 cm³/mol. The average Bonchev–Trinajstić information content (AvgIpc) is 2.88. The third-order valence-corrected chi connectivity index (χ3v) is 3.36. The monoisotopic (exact) mass is 324 g/mol. The number of nitrogens with one attached hydrogen (secondary N) is 1. The Hall–Kier alpha value is -1.95. The van der Waals surface area contributed by atoms with Crippen molar-refractivity contribution in [3.63, 3.8) is 0 Å².